The number of likely N-dealkylation sites (N-methyl/N-ethyl adjacent to an activating group) is 1. The van der Waals surface area contributed by atoms with Gasteiger partial charge in [-0.2, -0.15) is 5.06 Å². The number of rotatable bonds is 9. The fraction of sp³-hybridized carbons (Fsp3) is 0.458. The van der Waals surface area contributed by atoms with Crippen molar-refractivity contribution in [2.45, 2.75) is 51.6 Å². The highest BCUT2D eigenvalue weighted by Crippen LogP contribution is 2.58. The summed E-state index contributed by atoms with van der Waals surface area (Å²) in [5.41, 5.74) is 1.62. The number of carbonyl (C=O) groups excluding carboxylic acids is 1. The van der Waals surface area contributed by atoms with Crippen LogP contribution in [-0.2, 0) is 16.8 Å². The Bertz CT molecular complexity index is 761. The second kappa shape index (κ2) is 8.89. The molecular formula is C24H32N2O2. The van der Waals surface area contributed by atoms with Gasteiger partial charge < -0.3 is 10.1 Å². The van der Waals surface area contributed by atoms with Gasteiger partial charge in [0.15, 0.2) is 0 Å². The van der Waals surface area contributed by atoms with Crippen LogP contribution in [0.2, 0.25) is 0 Å². The first kappa shape index (κ1) is 20.6. The average molecular weight is 381 g/mol. The molecule has 3 rings (SSSR count). The zero-order valence-electron chi connectivity index (χ0n) is 17.2. The molecule has 3 atom stereocenters. The lowest BCUT2D eigenvalue weighted by atomic mass is 9.88. The van der Waals surface area contributed by atoms with E-state index < -0.39 is 5.41 Å². The Labute approximate surface area is 168 Å². The van der Waals surface area contributed by atoms with Crippen LogP contribution in [0.15, 0.2) is 60.7 Å². The first-order valence-corrected chi connectivity index (χ1v) is 10.4. The summed E-state index contributed by atoms with van der Waals surface area (Å²) in [7, 11) is 0. The van der Waals surface area contributed by atoms with Crippen molar-refractivity contribution in [3.8, 4) is 0 Å². The van der Waals surface area contributed by atoms with E-state index in [9.17, 15) is 10.0 Å². The van der Waals surface area contributed by atoms with Crippen molar-refractivity contribution in [3.63, 3.8) is 0 Å². The van der Waals surface area contributed by atoms with E-state index in [4.69, 9.17) is 0 Å². The second-order valence-corrected chi connectivity index (χ2v) is 7.68. The van der Waals surface area contributed by atoms with Crippen LogP contribution < -0.4 is 0 Å². The molecule has 28 heavy (non-hydrogen) atoms. The molecule has 1 N–H and O–H groups in total. The normalized spacial score (nSPS) is 22.1. The van der Waals surface area contributed by atoms with E-state index >= 15 is 0 Å². The Morgan fingerprint density at radius 2 is 1.61 bits per heavy atom. The molecular weight excluding hydrogens is 348 g/mol. The van der Waals surface area contributed by atoms with Gasteiger partial charge >= 0.3 is 0 Å². The Hall–Kier alpha value is -2.17. The number of hydrogen-bond donors (Lipinski definition) is 1. The molecule has 1 amide bonds. The number of benzene rings is 2. The Kier molecular flexibility index (Phi) is 6.53. The summed E-state index contributed by atoms with van der Waals surface area (Å²) >= 11 is 0. The lowest BCUT2D eigenvalue weighted by Gasteiger charge is -2.31. The van der Waals surface area contributed by atoms with Gasteiger partial charge in [0, 0.05) is 25.7 Å². The molecule has 4 heteroatoms. The molecule has 1 saturated carbocycles. The van der Waals surface area contributed by atoms with Gasteiger partial charge in [-0.3, -0.25) is 4.79 Å². The maximum absolute atomic E-state index is 13.5. The summed E-state index contributed by atoms with van der Waals surface area (Å²) < 4.78 is 0. The van der Waals surface area contributed by atoms with Gasteiger partial charge in [-0.1, -0.05) is 67.6 Å². The summed E-state index contributed by atoms with van der Waals surface area (Å²) in [5, 5.41) is 12.3. The molecule has 0 bridgehead atoms. The van der Waals surface area contributed by atoms with Crippen molar-refractivity contribution in [3.05, 3.63) is 71.8 Å². The van der Waals surface area contributed by atoms with E-state index in [-0.39, 0.29) is 17.9 Å². The number of nitrogens with zero attached hydrogens (tertiary/aromatic N) is 2. The minimum atomic E-state index is -0.522. The van der Waals surface area contributed by atoms with Crippen LogP contribution in [0.1, 0.15) is 44.7 Å². The molecule has 1 aliphatic carbocycles. The monoisotopic (exact) mass is 380 g/mol. The molecule has 0 aliphatic heterocycles. The predicted molar refractivity (Wildman–Crippen MR) is 112 cm³/mol. The second-order valence-electron chi connectivity index (χ2n) is 7.68. The largest absolute Gasteiger partial charge is 0.342 e. The van der Waals surface area contributed by atoms with Crippen LogP contribution in [0.4, 0.5) is 0 Å². The highest BCUT2D eigenvalue weighted by atomic mass is 16.5. The van der Waals surface area contributed by atoms with Crippen LogP contribution in [0.5, 0.6) is 0 Å². The third kappa shape index (κ3) is 3.85. The van der Waals surface area contributed by atoms with E-state index in [1.807, 2.05) is 67.3 Å². The molecule has 0 spiro atoms. The average Bonchev–Trinajstić information content (AvgIpc) is 3.47. The molecule has 0 unspecified atom stereocenters. The zero-order valence-corrected chi connectivity index (χ0v) is 17.2. The van der Waals surface area contributed by atoms with Crippen molar-refractivity contribution in [2.24, 2.45) is 5.92 Å². The number of hydrogen-bond acceptors (Lipinski definition) is 3. The van der Waals surface area contributed by atoms with Crippen LogP contribution in [0.25, 0.3) is 0 Å². The fourth-order valence-corrected chi connectivity index (χ4v) is 4.57. The first-order chi connectivity index (χ1) is 13.6. The molecule has 150 valence electrons. The standard InChI is InChI=1S/C24H32N2O2/c1-4-22(26(28)18-19-13-9-7-10-14-19)21-17-24(21,20-15-11-8-12-16-20)23(27)25(5-2)6-3/h7-16,21-22,28H,4-6,17-18H2,1-3H3/t21-,22-,24+/m0/s1. The number of hydroxylamine groups is 2. The van der Waals surface area contributed by atoms with Crippen LogP contribution in [-0.4, -0.2) is 40.2 Å². The summed E-state index contributed by atoms with van der Waals surface area (Å²) in [4.78, 5) is 15.5. The third-order valence-corrected chi connectivity index (χ3v) is 6.19. The van der Waals surface area contributed by atoms with Gasteiger partial charge in [0.1, 0.15) is 0 Å². The molecule has 1 aliphatic rings. The van der Waals surface area contributed by atoms with Gasteiger partial charge in [0.25, 0.3) is 0 Å². The Morgan fingerprint density at radius 3 is 2.14 bits per heavy atom. The molecule has 0 saturated heterocycles. The van der Waals surface area contributed by atoms with E-state index in [0.717, 1.165) is 24.0 Å². The van der Waals surface area contributed by atoms with Crippen molar-refractivity contribution in [2.75, 3.05) is 13.1 Å². The topological polar surface area (TPSA) is 43.8 Å². The third-order valence-electron chi connectivity index (χ3n) is 6.19. The maximum atomic E-state index is 13.5. The summed E-state index contributed by atoms with van der Waals surface area (Å²) in [6, 6.07) is 20.1. The molecule has 2 aromatic carbocycles. The SMILES string of the molecule is CC[C@@H]([C@@H]1C[C@@]1(C(=O)N(CC)CC)c1ccccc1)N(O)Cc1ccccc1. The van der Waals surface area contributed by atoms with Crippen molar-refractivity contribution in [1.82, 2.24) is 9.96 Å². The predicted octanol–water partition coefficient (Wildman–Crippen LogP) is 4.48. The van der Waals surface area contributed by atoms with Gasteiger partial charge in [0.2, 0.25) is 5.91 Å². The minimum Gasteiger partial charge on any atom is -0.342 e. The first-order valence-electron chi connectivity index (χ1n) is 10.4. The maximum Gasteiger partial charge on any atom is 0.233 e. The quantitative estimate of drug-likeness (QED) is 0.652. The molecule has 0 radical (unpaired) electrons. The molecule has 1 fully saturated rings. The highest BCUT2D eigenvalue weighted by molar-refractivity contribution is 5.92. The van der Waals surface area contributed by atoms with E-state index in [1.54, 1.807) is 0 Å². The number of carbonyl (C=O) groups is 1. The van der Waals surface area contributed by atoms with E-state index in [1.165, 1.54) is 5.06 Å². The molecule has 2 aromatic rings. The van der Waals surface area contributed by atoms with Crippen molar-refractivity contribution in [1.29, 1.82) is 0 Å². The van der Waals surface area contributed by atoms with Gasteiger partial charge in [-0.25, -0.2) is 0 Å². The van der Waals surface area contributed by atoms with Crippen molar-refractivity contribution >= 4 is 5.91 Å². The summed E-state index contributed by atoms with van der Waals surface area (Å²) in [5.74, 6) is 0.307. The number of amides is 1. The Balaban J connectivity index is 1.88. The minimum absolute atomic E-state index is 0.0556. The highest BCUT2D eigenvalue weighted by Gasteiger charge is 2.64. The molecule has 0 aromatic heterocycles. The smallest absolute Gasteiger partial charge is 0.233 e. The van der Waals surface area contributed by atoms with Gasteiger partial charge in [-0.05, 0) is 43.7 Å². The summed E-state index contributed by atoms with van der Waals surface area (Å²) in [6.45, 7) is 8.04. The van der Waals surface area contributed by atoms with Crippen molar-refractivity contribution < 1.29 is 10.0 Å². The van der Waals surface area contributed by atoms with Gasteiger partial charge in [-0.15, -0.1) is 0 Å². The molecule has 4 nitrogen and oxygen atoms in total. The van der Waals surface area contributed by atoms with Crippen LogP contribution in [0.3, 0.4) is 0 Å². The lowest BCUT2D eigenvalue weighted by molar-refractivity contribution is -0.147. The fourth-order valence-electron chi connectivity index (χ4n) is 4.57. The van der Waals surface area contributed by atoms with Crippen LogP contribution in [0, 0.1) is 5.92 Å². The van der Waals surface area contributed by atoms with Crippen LogP contribution >= 0.6 is 0 Å². The van der Waals surface area contributed by atoms with E-state index in [2.05, 4.69) is 19.1 Å². The lowest BCUT2D eigenvalue weighted by Crippen LogP contribution is -2.43. The Morgan fingerprint density at radius 1 is 1.04 bits per heavy atom. The zero-order chi connectivity index (χ0) is 20.1. The summed E-state index contributed by atoms with van der Waals surface area (Å²) in [6.07, 6.45) is 1.59. The van der Waals surface area contributed by atoms with Gasteiger partial charge in [0.05, 0.1) is 5.41 Å². The van der Waals surface area contributed by atoms with E-state index in [0.29, 0.717) is 19.6 Å². The molecule has 0 heterocycles.